The van der Waals surface area contributed by atoms with Gasteiger partial charge in [-0.2, -0.15) is 0 Å². The molecular weight excluding hydrogens is 130 g/mol. The first kappa shape index (κ1) is 7.98. The molecule has 10 heavy (non-hydrogen) atoms. The lowest BCUT2D eigenvalue weighted by atomic mass is 10.1. The molecule has 1 heterocycles. The van der Waals surface area contributed by atoms with E-state index < -0.39 is 0 Å². The van der Waals surface area contributed by atoms with Gasteiger partial charge >= 0.3 is 0 Å². The Hall–Kier alpha value is -0.120. The van der Waals surface area contributed by atoms with Crippen molar-refractivity contribution in [1.29, 1.82) is 0 Å². The molecule has 3 nitrogen and oxygen atoms in total. The Bertz CT molecular complexity index is 85.6. The van der Waals surface area contributed by atoms with Crippen molar-refractivity contribution in [2.75, 3.05) is 27.4 Å². The van der Waals surface area contributed by atoms with Crippen molar-refractivity contribution in [2.45, 2.75) is 18.6 Å². The van der Waals surface area contributed by atoms with Crippen molar-refractivity contribution in [2.24, 2.45) is 0 Å². The fourth-order valence-corrected chi connectivity index (χ4v) is 1.27. The number of ether oxygens (including phenoxy) is 2. The van der Waals surface area contributed by atoms with Gasteiger partial charge in [0.15, 0.2) is 0 Å². The summed E-state index contributed by atoms with van der Waals surface area (Å²) in [6, 6.07) is 0.471. The Morgan fingerprint density at radius 3 is 2.90 bits per heavy atom. The molecule has 0 amide bonds. The van der Waals surface area contributed by atoms with Crippen LogP contribution in [0.1, 0.15) is 6.42 Å². The van der Waals surface area contributed by atoms with E-state index in [1.807, 2.05) is 7.05 Å². The number of rotatable bonds is 2. The zero-order valence-electron chi connectivity index (χ0n) is 6.59. The summed E-state index contributed by atoms with van der Waals surface area (Å²) in [5, 5.41) is 3.20. The maximum absolute atomic E-state index is 5.24. The van der Waals surface area contributed by atoms with Gasteiger partial charge in [0.2, 0.25) is 0 Å². The summed E-state index contributed by atoms with van der Waals surface area (Å²) < 4.78 is 10.4. The smallest absolute Gasteiger partial charge is 0.0957 e. The Labute approximate surface area is 61.7 Å². The lowest BCUT2D eigenvalue weighted by Gasteiger charge is -2.29. The number of hydrogen-bond acceptors (Lipinski definition) is 3. The highest BCUT2D eigenvalue weighted by Crippen LogP contribution is 2.09. The summed E-state index contributed by atoms with van der Waals surface area (Å²) in [5.41, 5.74) is 0. The number of nitrogens with one attached hydrogen (secondary N) is 1. The van der Waals surface area contributed by atoms with Gasteiger partial charge < -0.3 is 14.8 Å². The van der Waals surface area contributed by atoms with E-state index >= 15 is 0 Å². The normalized spacial score (nSPS) is 34.2. The molecule has 1 rings (SSSR count). The van der Waals surface area contributed by atoms with Gasteiger partial charge in [-0.3, -0.25) is 0 Å². The highest BCUT2D eigenvalue weighted by Gasteiger charge is 2.23. The molecule has 0 aromatic heterocycles. The number of likely N-dealkylation sites (N-methyl/N-ethyl adjacent to an activating group) is 1. The molecule has 0 aliphatic carbocycles. The quantitative estimate of drug-likeness (QED) is 0.593. The third-order valence-corrected chi connectivity index (χ3v) is 1.98. The summed E-state index contributed by atoms with van der Waals surface area (Å²) in [5.74, 6) is 0. The van der Waals surface area contributed by atoms with Gasteiger partial charge in [-0.15, -0.1) is 0 Å². The molecule has 0 aromatic carbocycles. The third kappa shape index (κ3) is 1.68. The maximum Gasteiger partial charge on any atom is 0.0957 e. The van der Waals surface area contributed by atoms with E-state index in [-0.39, 0.29) is 6.10 Å². The predicted molar refractivity (Wildman–Crippen MR) is 39.1 cm³/mol. The van der Waals surface area contributed by atoms with E-state index in [9.17, 15) is 0 Å². The highest BCUT2D eigenvalue weighted by atomic mass is 16.5. The summed E-state index contributed by atoms with van der Waals surface area (Å²) in [7, 11) is 3.69. The summed E-state index contributed by atoms with van der Waals surface area (Å²) >= 11 is 0. The number of methoxy groups -OCH3 is 1. The van der Waals surface area contributed by atoms with E-state index in [2.05, 4.69) is 5.32 Å². The van der Waals surface area contributed by atoms with Crippen LogP contribution in [-0.2, 0) is 9.47 Å². The van der Waals surface area contributed by atoms with Crippen LogP contribution in [-0.4, -0.2) is 39.5 Å². The molecule has 0 saturated carbocycles. The van der Waals surface area contributed by atoms with Crippen LogP contribution < -0.4 is 5.32 Å². The second-order valence-electron chi connectivity index (χ2n) is 2.53. The van der Waals surface area contributed by atoms with Gasteiger partial charge in [-0.05, 0) is 13.5 Å². The molecule has 60 valence electrons. The molecule has 1 N–H and O–H groups in total. The zero-order valence-corrected chi connectivity index (χ0v) is 6.59. The molecule has 0 bridgehead atoms. The topological polar surface area (TPSA) is 30.5 Å². The van der Waals surface area contributed by atoms with Crippen LogP contribution in [0.2, 0.25) is 0 Å². The molecule has 2 atom stereocenters. The van der Waals surface area contributed by atoms with Gasteiger partial charge in [0.25, 0.3) is 0 Å². The van der Waals surface area contributed by atoms with Crippen LogP contribution in [0.5, 0.6) is 0 Å². The van der Waals surface area contributed by atoms with Crippen molar-refractivity contribution < 1.29 is 9.47 Å². The fraction of sp³-hybridized carbons (Fsp3) is 1.00. The third-order valence-electron chi connectivity index (χ3n) is 1.98. The largest absolute Gasteiger partial charge is 0.379 e. The van der Waals surface area contributed by atoms with E-state index in [1.165, 1.54) is 0 Å². The Morgan fingerprint density at radius 1 is 1.60 bits per heavy atom. The number of hydrogen-bond donors (Lipinski definition) is 1. The van der Waals surface area contributed by atoms with Gasteiger partial charge in [-0.25, -0.2) is 0 Å². The van der Waals surface area contributed by atoms with Crippen LogP contribution in [0.3, 0.4) is 0 Å². The first-order valence-corrected chi connectivity index (χ1v) is 3.66. The molecule has 1 aliphatic heterocycles. The van der Waals surface area contributed by atoms with E-state index in [1.54, 1.807) is 7.11 Å². The summed E-state index contributed by atoms with van der Waals surface area (Å²) in [6.07, 6.45) is 1.29. The van der Waals surface area contributed by atoms with Crippen LogP contribution in [0.4, 0.5) is 0 Å². The molecule has 1 saturated heterocycles. The molecule has 0 radical (unpaired) electrons. The molecule has 1 fully saturated rings. The minimum atomic E-state index is 0.235. The second kappa shape index (κ2) is 3.91. The van der Waals surface area contributed by atoms with Crippen molar-refractivity contribution in [3.63, 3.8) is 0 Å². The SMILES string of the molecule is CN[C@@H]1CCOC[C@H]1OC. The summed E-state index contributed by atoms with van der Waals surface area (Å²) in [6.45, 7) is 1.58. The van der Waals surface area contributed by atoms with Gasteiger partial charge in [0, 0.05) is 19.8 Å². The van der Waals surface area contributed by atoms with Crippen molar-refractivity contribution in [3.05, 3.63) is 0 Å². The van der Waals surface area contributed by atoms with Gasteiger partial charge in [0.05, 0.1) is 12.7 Å². The van der Waals surface area contributed by atoms with E-state index in [4.69, 9.17) is 9.47 Å². The van der Waals surface area contributed by atoms with Crippen LogP contribution in [0.15, 0.2) is 0 Å². The van der Waals surface area contributed by atoms with Crippen LogP contribution in [0.25, 0.3) is 0 Å². The van der Waals surface area contributed by atoms with Gasteiger partial charge in [-0.1, -0.05) is 0 Å². The molecule has 0 unspecified atom stereocenters. The Kier molecular flexibility index (Phi) is 3.12. The predicted octanol–water partition coefficient (Wildman–Crippen LogP) is 0.00970. The Balaban J connectivity index is 2.34. The minimum Gasteiger partial charge on any atom is -0.379 e. The monoisotopic (exact) mass is 145 g/mol. The zero-order chi connectivity index (χ0) is 7.40. The molecule has 1 aliphatic rings. The van der Waals surface area contributed by atoms with Crippen molar-refractivity contribution in [1.82, 2.24) is 5.32 Å². The molecule has 0 spiro atoms. The molecule has 3 heteroatoms. The fourth-order valence-electron chi connectivity index (χ4n) is 1.27. The first-order valence-electron chi connectivity index (χ1n) is 3.66. The average molecular weight is 145 g/mol. The van der Waals surface area contributed by atoms with Crippen molar-refractivity contribution >= 4 is 0 Å². The minimum absolute atomic E-state index is 0.235. The van der Waals surface area contributed by atoms with Crippen LogP contribution >= 0.6 is 0 Å². The average Bonchev–Trinajstić information content (AvgIpc) is 2.04. The lowest BCUT2D eigenvalue weighted by molar-refractivity contribution is -0.0481. The first-order chi connectivity index (χ1) is 4.88. The van der Waals surface area contributed by atoms with E-state index in [0.717, 1.165) is 19.6 Å². The van der Waals surface area contributed by atoms with E-state index in [0.29, 0.717) is 6.04 Å². The highest BCUT2D eigenvalue weighted by molar-refractivity contribution is 4.78. The van der Waals surface area contributed by atoms with Crippen LogP contribution in [0, 0.1) is 0 Å². The second-order valence-corrected chi connectivity index (χ2v) is 2.53. The standard InChI is InChI=1S/C7H15NO2/c1-8-6-3-4-10-5-7(6)9-2/h6-8H,3-5H2,1-2H3/t6-,7-/m1/s1. The van der Waals surface area contributed by atoms with Crippen molar-refractivity contribution in [3.8, 4) is 0 Å². The molecule has 0 aromatic rings. The molecular formula is C7H15NO2. The Morgan fingerprint density at radius 2 is 2.40 bits per heavy atom. The summed E-state index contributed by atoms with van der Waals surface area (Å²) in [4.78, 5) is 0. The lowest BCUT2D eigenvalue weighted by Crippen LogP contribution is -2.45. The van der Waals surface area contributed by atoms with Gasteiger partial charge in [0.1, 0.15) is 0 Å². The maximum atomic E-state index is 5.24.